The fourth-order valence-electron chi connectivity index (χ4n) is 1.36. The Morgan fingerprint density at radius 2 is 1.88 bits per heavy atom. The maximum absolute atomic E-state index is 12.9. The maximum atomic E-state index is 12.9. The van der Waals surface area contributed by atoms with E-state index in [-0.39, 0.29) is 5.56 Å². The van der Waals surface area contributed by atoms with Crippen LogP contribution in [0.4, 0.5) is 14.6 Å². The van der Waals surface area contributed by atoms with E-state index in [0.29, 0.717) is 11.9 Å². The number of aromatic nitrogens is 2. The number of amides is 1. The zero-order valence-electron chi connectivity index (χ0n) is 8.92. The van der Waals surface area contributed by atoms with E-state index >= 15 is 0 Å². The molecule has 1 heterocycles. The van der Waals surface area contributed by atoms with Crippen molar-refractivity contribution in [3.8, 4) is 0 Å². The highest BCUT2D eigenvalue weighted by Crippen LogP contribution is 2.11. The molecule has 2 N–H and O–H groups in total. The molecule has 0 radical (unpaired) electrons. The van der Waals surface area contributed by atoms with Crippen LogP contribution in [0, 0.1) is 18.6 Å². The number of nitrogens with one attached hydrogen (secondary N) is 2. The molecule has 0 fully saturated rings. The normalized spacial score (nSPS) is 10.3. The topological polar surface area (TPSA) is 57.8 Å². The van der Waals surface area contributed by atoms with Gasteiger partial charge in [-0.2, -0.15) is 5.10 Å². The van der Waals surface area contributed by atoms with Gasteiger partial charge in [0.2, 0.25) is 0 Å². The quantitative estimate of drug-likeness (QED) is 0.841. The van der Waals surface area contributed by atoms with Crippen molar-refractivity contribution in [2.75, 3.05) is 5.32 Å². The Balaban J connectivity index is 2.19. The number of benzene rings is 1. The van der Waals surface area contributed by atoms with Crippen molar-refractivity contribution in [2.24, 2.45) is 0 Å². The first-order valence-electron chi connectivity index (χ1n) is 4.84. The Morgan fingerprint density at radius 1 is 1.24 bits per heavy atom. The molecular formula is C11H9F2N3O. The Hall–Kier alpha value is -2.24. The molecule has 0 aliphatic carbocycles. The van der Waals surface area contributed by atoms with Gasteiger partial charge in [0.25, 0.3) is 5.91 Å². The molecule has 0 spiro atoms. The van der Waals surface area contributed by atoms with Crippen molar-refractivity contribution in [3.05, 3.63) is 47.2 Å². The summed E-state index contributed by atoms with van der Waals surface area (Å²) >= 11 is 0. The van der Waals surface area contributed by atoms with E-state index in [4.69, 9.17) is 0 Å². The number of H-pyrrole nitrogens is 1. The van der Waals surface area contributed by atoms with Gasteiger partial charge in [-0.15, -0.1) is 0 Å². The van der Waals surface area contributed by atoms with Crippen LogP contribution in [0.3, 0.4) is 0 Å². The van der Waals surface area contributed by atoms with Crippen LogP contribution in [0.2, 0.25) is 0 Å². The summed E-state index contributed by atoms with van der Waals surface area (Å²) in [5.41, 5.74) is 0.675. The molecular weight excluding hydrogens is 228 g/mol. The number of hydrogen-bond acceptors (Lipinski definition) is 2. The summed E-state index contributed by atoms with van der Waals surface area (Å²) in [4.78, 5) is 11.6. The summed E-state index contributed by atoms with van der Waals surface area (Å²) in [6.07, 6.45) is 0. The third-order valence-corrected chi connectivity index (χ3v) is 2.07. The van der Waals surface area contributed by atoms with E-state index in [2.05, 4.69) is 15.5 Å². The molecule has 1 aromatic heterocycles. The molecule has 0 aliphatic rings. The van der Waals surface area contributed by atoms with Gasteiger partial charge < -0.3 is 5.32 Å². The van der Waals surface area contributed by atoms with E-state index in [1.165, 1.54) is 0 Å². The Labute approximate surface area is 95.7 Å². The minimum atomic E-state index is -0.798. The standard InChI is InChI=1S/C11H9F2N3O/c1-6-2-10(16-15-6)14-11(17)7-3-8(12)5-9(13)4-7/h2-5H,1H3,(H2,14,15,16,17). The number of aromatic amines is 1. The second kappa shape index (κ2) is 4.32. The average molecular weight is 237 g/mol. The fourth-order valence-corrected chi connectivity index (χ4v) is 1.36. The van der Waals surface area contributed by atoms with Gasteiger partial charge in [0, 0.05) is 23.4 Å². The van der Waals surface area contributed by atoms with Crippen LogP contribution in [0.1, 0.15) is 16.1 Å². The fraction of sp³-hybridized carbons (Fsp3) is 0.0909. The molecule has 0 bridgehead atoms. The van der Waals surface area contributed by atoms with Gasteiger partial charge in [0.1, 0.15) is 11.6 Å². The largest absolute Gasteiger partial charge is 0.305 e. The second-order valence-corrected chi connectivity index (χ2v) is 3.55. The van der Waals surface area contributed by atoms with Gasteiger partial charge in [-0.25, -0.2) is 8.78 Å². The smallest absolute Gasteiger partial charge is 0.257 e. The third-order valence-electron chi connectivity index (χ3n) is 2.07. The van der Waals surface area contributed by atoms with Gasteiger partial charge in [-0.3, -0.25) is 9.89 Å². The van der Waals surface area contributed by atoms with Gasteiger partial charge in [-0.1, -0.05) is 0 Å². The van der Waals surface area contributed by atoms with E-state index in [9.17, 15) is 13.6 Å². The maximum Gasteiger partial charge on any atom is 0.257 e. The average Bonchev–Trinajstić information content (AvgIpc) is 2.62. The molecule has 0 aliphatic heterocycles. The van der Waals surface area contributed by atoms with Crippen LogP contribution >= 0.6 is 0 Å². The van der Waals surface area contributed by atoms with Crippen LogP contribution in [-0.4, -0.2) is 16.1 Å². The van der Waals surface area contributed by atoms with Crippen molar-refractivity contribution in [3.63, 3.8) is 0 Å². The van der Waals surface area contributed by atoms with Crippen molar-refractivity contribution in [1.82, 2.24) is 10.2 Å². The Morgan fingerprint density at radius 3 is 2.41 bits per heavy atom. The minimum absolute atomic E-state index is 0.0943. The monoisotopic (exact) mass is 237 g/mol. The Bertz CT molecular complexity index is 545. The van der Waals surface area contributed by atoms with Crippen LogP contribution < -0.4 is 5.32 Å². The summed E-state index contributed by atoms with van der Waals surface area (Å²) in [6, 6.07) is 4.22. The molecule has 1 aromatic carbocycles. The van der Waals surface area contributed by atoms with Gasteiger partial charge in [0.05, 0.1) is 0 Å². The van der Waals surface area contributed by atoms with Crippen molar-refractivity contribution >= 4 is 11.7 Å². The van der Waals surface area contributed by atoms with Crippen LogP contribution in [0.5, 0.6) is 0 Å². The summed E-state index contributed by atoms with van der Waals surface area (Å²) in [7, 11) is 0. The molecule has 4 nitrogen and oxygen atoms in total. The molecule has 88 valence electrons. The highest BCUT2D eigenvalue weighted by atomic mass is 19.1. The van der Waals surface area contributed by atoms with Crippen molar-refractivity contribution in [1.29, 1.82) is 0 Å². The first-order chi connectivity index (χ1) is 8.04. The summed E-state index contributed by atoms with van der Waals surface area (Å²) in [5, 5.41) is 8.84. The lowest BCUT2D eigenvalue weighted by atomic mass is 10.2. The van der Waals surface area contributed by atoms with Gasteiger partial charge in [0.15, 0.2) is 5.82 Å². The number of halogens is 2. The molecule has 2 rings (SSSR count). The Kier molecular flexibility index (Phi) is 2.86. The predicted molar refractivity (Wildman–Crippen MR) is 57.6 cm³/mol. The first kappa shape index (κ1) is 11.3. The zero-order chi connectivity index (χ0) is 12.4. The first-order valence-corrected chi connectivity index (χ1v) is 4.84. The lowest BCUT2D eigenvalue weighted by Gasteiger charge is -2.02. The molecule has 0 unspecified atom stereocenters. The van der Waals surface area contributed by atoms with Gasteiger partial charge in [-0.05, 0) is 19.1 Å². The molecule has 2 aromatic rings. The van der Waals surface area contributed by atoms with Crippen LogP contribution in [-0.2, 0) is 0 Å². The number of aryl methyl sites for hydroxylation is 1. The highest BCUT2D eigenvalue weighted by Gasteiger charge is 2.10. The molecule has 17 heavy (non-hydrogen) atoms. The number of hydrogen-bond donors (Lipinski definition) is 2. The SMILES string of the molecule is Cc1cc(NC(=O)c2cc(F)cc(F)c2)n[nH]1. The lowest BCUT2D eigenvalue weighted by Crippen LogP contribution is -2.12. The molecule has 0 saturated heterocycles. The summed E-state index contributed by atoms with van der Waals surface area (Å²) < 4.78 is 25.8. The molecule has 0 saturated carbocycles. The van der Waals surface area contributed by atoms with E-state index in [1.54, 1.807) is 13.0 Å². The molecule has 1 amide bonds. The molecule has 0 atom stereocenters. The van der Waals surface area contributed by atoms with Gasteiger partial charge >= 0.3 is 0 Å². The third kappa shape index (κ3) is 2.66. The zero-order valence-corrected chi connectivity index (χ0v) is 8.92. The van der Waals surface area contributed by atoms with Crippen LogP contribution in [0.15, 0.2) is 24.3 Å². The van der Waals surface area contributed by atoms with E-state index in [1.807, 2.05) is 0 Å². The number of carbonyl (C=O) groups excluding carboxylic acids is 1. The van der Waals surface area contributed by atoms with Crippen molar-refractivity contribution in [2.45, 2.75) is 6.92 Å². The highest BCUT2D eigenvalue weighted by molar-refractivity contribution is 6.03. The number of carbonyl (C=O) groups is 1. The summed E-state index contributed by atoms with van der Waals surface area (Å²) in [6.45, 7) is 1.77. The lowest BCUT2D eigenvalue weighted by molar-refractivity contribution is 0.102. The second-order valence-electron chi connectivity index (χ2n) is 3.55. The van der Waals surface area contributed by atoms with E-state index in [0.717, 1.165) is 17.8 Å². The summed E-state index contributed by atoms with van der Waals surface area (Å²) in [5.74, 6) is -1.91. The van der Waals surface area contributed by atoms with Crippen LogP contribution in [0.25, 0.3) is 0 Å². The number of anilines is 1. The molecule has 6 heteroatoms. The number of rotatable bonds is 2. The minimum Gasteiger partial charge on any atom is -0.305 e. The van der Waals surface area contributed by atoms with E-state index < -0.39 is 17.5 Å². The van der Waals surface area contributed by atoms with Crippen molar-refractivity contribution < 1.29 is 13.6 Å². The number of nitrogens with zero attached hydrogens (tertiary/aromatic N) is 1. The predicted octanol–water partition coefficient (Wildman–Crippen LogP) is 2.25.